The summed E-state index contributed by atoms with van der Waals surface area (Å²) >= 11 is 0. The van der Waals surface area contributed by atoms with E-state index in [0.717, 1.165) is 24.3 Å². The van der Waals surface area contributed by atoms with Gasteiger partial charge in [0.15, 0.2) is 0 Å². The van der Waals surface area contributed by atoms with E-state index in [1.54, 1.807) is 0 Å². The van der Waals surface area contributed by atoms with E-state index in [-0.39, 0.29) is 5.56 Å². The summed E-state index contributed by atoms with van der Waals surface area (Å²) in [6.45, 7) is 0. The van der Waals surface area contributed by atoms with Crippen LogP contribution >= 0.6 is 0 Å². The number of aliphatic carboxylic acids is 2. The molecule has 2 N–H and O–H groups in total. The highest BCUT2D eigenvalue weighted by atomic mass is 19.1. The summed E-state index contributed by atoms with van der Waals surface area (Å²) in [7, 11) is 0. The van der Waals surface area contributed by atoms with Crippen LogP contribution in [-0.4, -0.2) is 22.2 Å². The molecular weight excluding hydrogens is 227 g/mol. The molecule has 0 aromatic heterocycles. The molecule has 17 heavy (non-hydrogen) atoms. The van der Waals surface area contributed by atoms with E-state index in [0.29, 0.717) is 5.56 Å². The van der Waals surface area contributed by atoms with E-state index < -0.39 is 17.8 Å². The molecule has 0 amide bonds. The van der Waals surface area contributed by atoms with Crippen molar-refractivity contribution in [1.82, 2.24) is 0 Å². The smallest absolute Gasteiger partial charge is 0.328 e. The Morgan fingerprint density at radius 1 is 1.06 bits per heavy atom. The van der Waals surface area contributed by atoms with E-state index in [4.69, 9.17) is 10.2 Å². The van der Waals surface area contributed by atoms with Crippen molar-refractivity contribution >= 4 is 24.1 Å². The molecule has 1 aromatic rings. The summed E-state index contributed by atoms with van der Waals surface area (Å²) in [4.78, 5) is 20.5. The molecule has 0 saturated heterocycles. The molecule has 0 bridgehead atoms. The fourth-order valence-corrected chi connectivity index (χ4v) is 1.11. The SMILES string of the molecule is O=C(O)/C=C/c1ccc(/C=C/C(=O)O)c(F)c1. The van der Waals surface area contributed by atoms with Crippen LogP contribution in [0.2, 0.25) is 0 Å². The van der Waals surface area contributed by atoms with E-state index >= 15 is 0 Å². The molecule has 0 atom stereocenters. The van der Waals surface area contributed by atoms with Crippen molar-refractivity contribution in [3.63, 3.8) is 0 Å². The second-order valence-electron chi connectivity index (χ2n) is 3.12. The van der Waals surface area contributed by atoms with E-state index in [9.17, 15) is 14.0 Å². The number of carboxylic acids is 2. The first-order valence-electron chi connectivity index (χ1n) is 4.60. The number of benzene rings is 1. The van der Waals surface area contributed by atoms with Gasteiger partial charge in [0.25, 0.3) is 0 Å². The lowest BCUT2D eigenvalue weighted by Gasteiger charge is -1.98. The first-order valence-corrected chi connectivity index (χ1v) is 4.60. The van der Waals surface area contributed by atoms with E-state index in [1.165, 1.54) is 18.2 Å². The highest BCUT2D eigenvalue weighted by Crippen LogP contribution is 2.13. The summed E-state index contributed by atoms with van der Waals surface area (Å²) in [5.41, 5.74) is 0.511. The minimum atomic E-state index is -1.17. The lowest BCUT2D eigenvalue weighted by molar-refractivity contribution is -0.132. The molecule has 88 valence electrons. The summed E-state index contributed by atoms with van der Waals surface area (Å²) in [5, 5.41) is 16.8. The average molecular weight is 236 g/mol. The Balaban J connectivity index is 2.94. The van der Waals surface area contributed by atoms with Crippen LogP contribution in [0.25, 0.3) is 12.2 Å². The average Bonchev–Trinajstić information content (AvgIpc) is 2.24. The zero-order chi connectivity index (χ0) is 12.8. The molecule has 0 spiro atoms. The van der Waals surface area contributed by atoms with Gasteiger partial charge in [0.1, 0.15) is 5.82 Å². The molecule has 0 fully saturated rings. The van der Waals surface area contributed by atoms with Crippen LogP contribution in [-0.2, 0) is 9.59 Å². The normalized spacial score (nSPS) is 11.1. The van der Waals surface area contributed by atoms with Gasteiger partial charge in [0.05, 0.1) is 0 Å². The minimum Gasteiger partial charge on any atom is -0.478 e. The van der Waals surface area contributed by atoms with Gasteiger partial charge in [0.2, 0.25) is 0 Å². The Morgan fingerprint density at radius 2 is 1.65 bits per heavy atom. The van der Waals surface area contributed by atoms with Gasteiger partial charge < -0.3 is 10.2 Å². The van der Waals surface area contributed by atoms with Crippen molar-refractivity contribution in [3.05, 3.63) is 47.3 Å². The predicted molar refractivity (Wildman–Crippen MR) is 59.7 cm³/mol. The molecule has 0 aliphatic heterocycles. The molecule has 1 rings (SSSR count). The molecule has 0 unspecified atom stereocenters. The summed E-state index contributed by atoms with van der Waals surface area (Å²) in [6, 6.07) is 3.99. The van der Waals surface area contributed by atoms with Gasteiger partial charge in [-0.3, -0.25) is 0 Å². The Kier molecular flexibility index (Phi) is 4.16. The largest absolute Gasteiger partial charge is 0.478 e. The van der Waals surface area contributed by atoms with Crippen molar-refractivity contribution in [2.24, 2.45) is 0 Å². The number of halogens is 1. The van der Waals surface area contributed by atoms with Gasteiger partial charge in [-0.25, -0.2) is 14.0 Å². The molecule has 0 heterocycles. The summed E-state index contributed by atoms with van der Waals surface area (Å²) in [6.07, 6.45) is 4.09. The Morgan fingerprint density at radius 3 is 2.18 bits per heavy atom. The van der Waals surface area contributed by atoms with Gasteiger partial charge in [-0.1, -0.05) is 12.1 Å². The molecule has 0 radical (unpaired) electrons. The van der Waals surface area contributed by atoms with E-state index in [2.05, 4.69) is 0 Å². The molecule has 0 saturated carbocycles. The zero-order valence-electron chi connectivity index (χ0n) is 8.63. The maximum atomic E-state index is 13.4. The van der Waals surface area contributed by atoms with Crippen LogP contribution in [0.1, 0.15) is 11.1 Å². The van der Waals surface area contributed by atoms with E-state index in [1.807, 2.05) is 0 Å². The van der Waals surface area contributed by atoms with Gasteiger partial charge in [-0.2, -0.15) is 0 Å². The van der Waals surface area contributed by atoms with Crippen LogP contribution in [0.5, 0.6) is 0 Å². The second kappa shape index (κ2) is 5.60. The minimum absolute atomic E-state index is 0.125. The molecule has 5 heteroatoms. The highest BCUT2D eigenvalue weighted by Gasteiger charge is 2.00. The van der Waals surface area contributed by atoms with Gasteiger partial charge in [-0.15, -0.1) is 0 Å². The predicted octanol–water partition coefficient (Wildman–Crippen LogP) is 2.02. The molecular formula is C12H9FO4. The molecule has 4 nitrogen and oxygen atoms in total. The lowest BCUT2D eigenvalue weighted by atomic mass is 10.1. The van der Waals surface area contributed by atoms with Gasteiger partial charge >= 0.3 is 11.9 Å². The first kappa shape index (κ1) is 12.6. The quantitative estimate of drug-likeness (QED) is 0.784. The molecule has 1 aromatic carbocycles. The Labute approximate surface area is 96.3 Å². The van der Waals surface area contributed by atoms with Crippen molar-refractivity contribution in [2.45, 2.75) is 0 Å². The number of rotatable bonds is 4. The van der Waals surface area contributed by atoms with Gasteiger partial charge in [0, 0.05) is 17.7 Å². The van der Waals surface area contributed by atoms with Crippen LogP contribution in [0, 0.1) is 5.82 Å². The second-order valence-corrected chi connectivity index (χ2v) is 3.12. The fourth-order valence-electron chi connectivity index (χ4n) is 1.11. The third kappa shape index (κ3) is 4.29. The topological polar surface area (TPSA) is 74.6 Å². The maximum Gasteiger partial charge on any atom is 0.328 e. The van der Waals surface area contributed by atoms with Crippen molar-refractivity contribution in [3.8, 4) is 0 Å². The van der Waals surface area contributed by atoms with Crippen molar-refractivity contribution < 1.29 is 24.2 Å². The van der Waals surface area contributed by atoms with Crippen LogP contribution in [0.4, 0.5) is 4.39 Å². The van der Waals surface area contributed by atoms with Crippen LogP contribution < -0.4 is 0 Å². The zero-order valence-corrected chi connectivity index (χ0v) is 8.63. The van der Waals surface area contributed by atoms with Crippen LogP contribution in [0.15, 0.2) is 30.4 Å². The summed E-state index contributed by atoms with van der Waals surface area (Å²) < 4.78 is 13.4. The molecule has 0 aliphatic rings. The first-order chi connectivity index (χ1) is 7.99. The Hall–Kier alpha value is -2.43. The highest BCUT2D eigenvalue weighted by molar-refractivity contribution is 5.86. The fraction of sp³-hybridized carbons (Fsp3) is 0. The lowest BCUT2D eigenvalue weighted by Crippen LogP contribution is -1.89. The third-order valence-electron chi connectivity index (χ3n) is 1.85. The number of hydrogen-bond acceptors (Lipinski definition) is 2. The molecule has 0 aliphatic carbocycles. The Bertz CT molecular complexity index is 503. The van der Waals surface area contributed by atoms with Crippen LogP contribution in [0.3, 0.4) is 0 Å². The van der Waals surface area contributed by atoms with Crippen molar-refractivity contribution in [1.29, 1.82) is 0 Å². The number of carbonyl (C=O) groups is 2. The van der Waals surface area contributed by atoms with Crippen molar-refractivity contribution in [2.75, 3.05) is 0 Å². The standard InChI is InChI=1S/C12H9FO4/c13-10-7-8(2-5-11(14)15)1-3-9(10)4-6-12(16)17/h1-7H,(H,14,15)(H,16,17)/b5-2+,6-4+. The van der Waals surface area contributed by atoms with Gasteiger partial charge in [-0.05, 0) is 23.8 Å². The monoisotopic (exact) mass is 236 g/mol. The maximum absolute atomic E-state index is 13.4. The number of carboxylic acid groups (broad SMARTS) is 2. The summed E-state index contributed by atoms with van der Waals surface area (Å²) in [5.74, 6) is -2.91. The number of hydrogen-bond donors (Lipinski definition) is 2. The third-order valence-corrected chi connectivity index (χ3v) is 1.85.